The van der Waals surface area contributed by atoms with Gasteiger partial charge in [0.25, 0.3) is 0 Å². The summed E-state index contributed by atoms with van der Waals surface area (Å²) in [6.07, 6.45) is 1.75. The SMILES string of the molecule is COc1cc(NC(=O)N2CCC[C@H]2c2cc(C(C)C)no2)cc(OC)c1OC. The van der Waals surface area contributed by atoms with Crippen molar-refractivity contribution < 1.29 is 23.5 Å². The zero-order chi connectivity index (χ0) is 20.3. The van der Waals surface area contributed by atoms with Gasteiger partial charge in [0.1, 0.15) is 0 Å². The van der Waals surface area contributed by atoms with E-state index in [-0.39, 0.29) is 18.0 Å². The fourth-order valence-corrected chi connectivity index (χ4v) is 3.39. The number of carbonyl (C=O) groups excluding carboxylic acids is 1. The molecule has 0 aliphatic carbocycles. The number of ether oxygens (including phenoxy) is 3. The van der Waals surface area contributed by atoms with Gasteiger partial charge in [-0.15, -0.1) is 0 Å². The Bertz CT molecular complexity index is 808. The van der Waals surface area contributed by atoms with E-state index >= 15 is 0 Å². The number of amides is 2. The summed E-state index contributed by atoms with van der Waals surface area (Å²) in [6.45, 7) is 4.77. The second kappa shape index (κ2) is 8.41. The summed E-state index contributed by atoms with van der Waals surface area (Å²) in [5.41, 5.74) is 1.46. The molecule has 0 spiro atoms. The third-order valence-electron chi connectivity index (χ3n) is 4.90. The lowest BCUT2D eigenvalue weighted by Crippen LogP contribution is -2.34. The van der Waals surface area contributed by atoms with Crippen LogP contribution >= 0.6 is 0 Å². The van der Waals surface area contributed by atoms with Gasteiger partial charge >= 0.3 is 6.03 Å². The number of hydrogen-bond acceptors (Lipinski definition) is 6. The first-order valence-corrected chi connectivity index (χ1v) is 9.32. The molecule has 8 nitrogen and oxygen atoms in total. The zero-order valence-corrected chi connectivity index (χ0v) is 16.9. The van der Waals surface area contributed by atoms with Gasteiger partial charge in [0, 0.05) is 24.7 Å². The van der Waals surface area contributed by atoms with Crippen LogP contribution in [0.4, 0.5) is 10.5 Å². The van der Waals surface area contributed by atoms with E-state index in [9.17, 15) is 4.79 Å². The van der Waals surface area contributed by atoms with Crippen LogP contribution in [-0.2, 0) is 0 Å². The zero-order valence-electron chi connectivity index (χ0n) is 16.9. The minimum Gasteiger partial charge on any atom is -0.493 e. The molecule has 1 aliphatic heterocycles. The van der Waals surface area contributed by atoms with Crippen LogP contribution in [0.25, 0.3) is 0 Å². The Morgan fingerprint density at radius 3 is 2.39 bits per heavy atom. The predicted octanol–water partition coefficient (Wildman–Crippen LogP) is 4.19. The third-order valence-corrected chi connectivity index (χ3v) is 4.90. The van der Waals surface area contributed by atoms with Gasteiger partial charge in [0.05, 0.1) is 38.8 Å². The molecule has 8 heteroatoms. The van der Waals surface area contributed by atoms with Crippen LogP contribution < -0.4 is 19.5 Å². The molecule has 0 saturated carbocycles. The summed E-state index contributed by atoms with van der Waals surface area (Å²) >= 11 is 0. The van der Waals surface area contributed by atoms with Gasteiger partial charge in [0.2, 0.25) is 5.75 Å². The molecule has 1 fully saturated rings. The molecule has 2 heterocycles. The number of carbonyl (C=O) groups is 1. The van der Waals surface area contributed by atoms with Gasteiger partial charge in [-0.2, -0.15) is 0 Å². The van der Waals surface area contributed by atoms with Gasteiger partial charge in [-0.3, -0.25) is 0 Å². The van der Waals surface area contributed by atoms with E-state index in [0.29, 0.717) is 29.5 Å². The highest BCUT2D eigenvalue weighted by Gasteiger charge is 2.33. The number of anilines is 1. The molecule has 0 bridgehead atoms. The Labute approximate surface area is 164 Å². The van der Waals surface area contributed by atoms with Crippen LogP contribution in [0.1, 0.15) is 50.1 Å². The third kappa shape index (κ3) is 3.85. The maximum absolute atomic E-state index is 12.9. The normalized spacial score (nSPS) is 16.4. The van der Waals surface area contributed by atoms with Crippen LogP contribution in [0.5, 0.6) is 17.2 Å². The molecule has 1 aliphatic rings. The fourth-order valence-electron chi connectivity index (χ4n) is 3.39. The summed E-state index contributed by atoms with van der Waals surface area (Å²) in [5.74, 6) is 2.44. The largest absolute Gasteiger partial charge is 0.493 e. The number of likely N-dealkylation sites (tertiary alicyclic amines) is 1. The first-order chi connectivity index (χ1) is 13.5. The lowest BCUT2D eigenvalue weighted by atomic mass is 10.1. The molecule has 0 unspecified atom stereocenters. The molecule has 28 heavy (non-hydrogen) atoms. The molecule has 3 rings (SSSR count). The first-order valence-electron chi connectivity index (χ1n) is 9.32. The summed E-state index contributed by atoms with van der Waals surface area (Å²) in [7, 11) is 4.61. The van der Waals surface area contributed by atoms with E-state index in [1.807, 2.05) is 6.07 Å². The number of benzene rings is 1. The highest BCUT2D eigenvalue weighted by Crippen LogP contribution is 2.40. The second-order valence-corrected chi connectivity index (χ2v) is 7.00. The van der Waals surface area contributed by atoms with Crippen molar-refractivity contribution in [2.24, 2.45) is 0 Å². The smallest absolute Gasteiger partial charge is 0.322 e. The lowest BCUT2D eigenvalue weighted by Gasteiger charge is -2.23. The van der Waals surface area contributed by atoms with E-state index in [2.05, 4.69) is 24.3 Å². The van der Waals surface area contributed by atoms with Crippen LogP contribution in [0.2, 0.25) is 0 Å². The summed E-state index contributed by atoms with van der Waals surface area (Å²) < 4.78 is 21.5. The number of aromatic nitrogens is 1. The van der Waals surface area contributed by atoms with Crippen molar-refractivity contribution in [2.75, 3.05) is 33.2 Å². The van der Waals surface area contributed by atoms with Crippen LogP contribution in [0.15, 0.2) is 22.7 Å². The van der Waals surface area contributed by atoms with Crippen molar-refractivity contribution >= 4 is 11.7 Å². The Kier molecular flexibility index (Phi) is 5.96. The van der Waals surface area contributed by atoms with E-state index in [1.165, 1.54) is 21.3 Å². The number of nitrogens with zero attached hydrogens (tertiary/aromatic N) is 2. The highest BCUT2D eigenvalue weighted by atomic mass is 16.5. The van der Waals surface area contributed by atoms with Crippen molar-refractivity contribution in [1.29, 1.82) is 0 Å². The molecule has 0 radical (unpaired) electrons. The van der Waals surface area contributed by atoms with Gasteiger partial charge in [-0.25, -0.2) is 4.79 Å². The first kappa shape index (κ1) is 19.9. The summed E-state index contributed by atoms with van der Waals surface area (Å²) in [5, 5.41) is 7.05. The lowest BCUT2D eigenvalue weighted by molar-refractivity contribution is 0.195. The minimum atomic E-state index is -0.209. The van der Waals surface area contributed by atoms with E-state index in [0.717, 1.165) is 24.3 Å². The van der Waals surface area contributed by atoms with Crippen LogP contribution in [-0.4, -0.2) is 44.0 Å². The fraction of sp³-hybridized carbons (Fsp3) is 0.500. The van der Waals surface area contributed by atoms with Gasteiger partial charge in [0.15, 0.2) is 17.3 Å². The van der Waals surface area contributed by atoms with Gasteiger partial charge < -0.3 is 29.0 Å². The topological polar surface area (TPSA) is 86.1 Å². The van der Waals surface area contributed by atoms with Gasteiger partial charge in [-0.1, -0.05) is 19.0 Å². The number of methoxy groups -OCH3 is 3. The van der Waals surface area contributed by atoms with E-state index < -0.39 is 0 Å². The standard InChI is InChI=1S/C20H27N3O5/c1-12(2)14-11-16(28-22-14)15-7-6-8-23(15)20(24)21-13-9-17(25-3)19(27-5)18(10-13)26-4/h9-12,15H,6-8H2,1-5H3,(H,21,24)/t15-/m0/s1. The second-order valence-electron chi connectivity index (χ2n) is 7.00. The maximum atomic E-state index is 12.9. The van der Waals surface area contributed by atoms with Crippen molar-refractivity contribution in [1.82, 2.24) is 10.1 Å². The Hall–Kier alpha value is -2.90. The van der Waals surface area contributed by atoms with Crippen LogP contribution in [0.3, 0.4) is 0 Å². The summed E-state index contributed by atoms with van der Waals surface area (Å²) in [4.78, 5) is 14.7. The number of nitrogens with one attached hydrogen (secondary N) is 1. The van der Waals surface area contributed by atoms with E-state index in [4.69, 9.17) is 18.7 Å². The number of rotatable bonds is 6. The number of urea groups is 1. The molecule has 2 amide bonds. The average molecular weight is 389 g/mol. The molecule has 2 aromatic rings. The van der Waals surface area contributed by atoms with E-state index in [1.54, 1.807) is 17.0 Å². The van der Waals surface area contributed by atoms with Crippen LogP contribution in [0, 0.1) is 0 Å². The van der Waals surface area contributed by atoms with Crippen molar-refractivity contribution in [3.05, 3.63) is 29.7 Å². The number of hydrogen-bond donors (Lipinski definition) is 1. The predicted molar refractivity (Wildman–Crippen MR) is 104 cm³/mol. The molecule has 1 aromatic heterocycles. The molecule has 152 valence electrons. The van der Waals surface area contributed by atoms with Gasteiger partial charge in [-0.05, 0) is 18.8 Å². The Balaban J connectivity index is 1.80. The molecule has 1 atom stereocenters. The van der Waals surface area contributed by atoms with Crippen molar-refractivity contribution in [3.63, 3.8) is 0 Å². The Morgan fingerprint density at radius 2 is 1.86 bits per heavy atom. The maximum Gasteiger partial charge on any atom is 0.322 e. The monoisotopic (exact) mass is 389 g/mol. The molecule has 1 aromatic carbocycles. The molecule has 1 N–H and O–H groups in total. The Morgan fingerprint density at radius 1 is 1.18 bits per heavy atom. The quantitative estimate of drug-likeness (QED) is 0.797. The minimum absolute atomic E-state index is 0.123. The molecular weight excluding hydrogens is 362 g/mol. The summed E-state index contributed by atoms with van der Waals surface area (Å²) in [6, 6.07) is 5.02. The van der Waals surface area contributed by atoms with Crippen molar-refractivity contribution in [3.8, 4) is 17.2 Å². The van der Waals surface area contributed by atoms with Crippen molar-refractivity contribution in [2.45, 2.75) is 38.6 Å². The highest BCUT2D eigenvalue weighted by molar-refractivity contribution is 5.90. The molecular formula is C20H27N3O5. The molecule has 1 saturated heterocycles. The average Bonchev–Trinajstić information content (AvgIpc) is 3.36.